The Kier molecular flexibility index (Phi) is 5.14. The van der Waals surface area contributed by atoms with Crippen LogP contribution in [-0.2, 0) is 26.1 Å². The number of nitrogens with zero attached hydrogens (tertiary/aromatic N) is 3. The van der Waals surface area contributed by atoms with E-state index in [1.54, 1.807) is 0 Å². The Morgan fingerprint density at radius 3 is 2.73 bits per heavy atom. The molecule has 0 spiro atoms. The Hall–Kier alpha value is -1.65. The molecule has 1 aromatic carbocycles. The molecule has 140 valence electrons. The molecule has 1 atom stereocenters. The van der Waals surface area contributed by atoms with Crippen LogP contribution in [0.15, 0.2) is 18.5 Å². The summed E-state index contributed by atoms with van der Waals surface area (Å²) in [6, 6.07) is 5.51. The highest BCUT2D eigenvalue weighted by molar-refractivity contribution is 5.38. The highest BCUT2D eigenvalue weighted by atomic mass is 15.2. The number of H-pyrrole nitrogens is 1. The predicted molar refractivity (Wildman–Crippen MR) is 106 cm³/mol. The fourth-order valence-corrected chi connectivity index (χ4v) is 4.60. The summed E-state index contributed by atoms with van der Waals surface area (Å²) >= 11 is 0. The minimum atomic E-state index is 0.716. The molecule has 0 aliphatic carbocycles. The number of nitrogens with one attached hydrogen (secondary N) is 1. The fraction of sp³-hybridized carbons (Fsp3) is 0.591. The van der Waals surface area contributed by atoms with Gasteiger partial charge in [-0.3, -0.25) is 9.80 Å². The van der Waals surface area contributed by atoms with E-state index in [1.807, 2.05) is 6.33 Å². The Labute approximate surface area is 157 Å². The molecule has 2 aliphatic heterocycles. The van der Waals surface area contributed by atoms with Gasteiger partial charge in [0.25, 0.3) is 0 Å². The Balaban J connectivity index is 1.51. The molecule has 0 bridgehead atoms. The summed E-state index contributed by atoms with van der Waals surface area (Å²) in [6.45, 7) is 12.4. The summed E-state index contributed by atoms with van der Waals surface area (Å²) in [5.41, 5.74) is 8.44. The predicted octanol–water partition coefficient (Wildman–Crippen LogP) is 3.96. The SMILES string of the molecule is Cc1cc(CN2CCc3nc[nH]c3C2)c(C)c(CN2CCCCC2C)c1. The Morgan fingerprint density at radius 2 is 1.92 bits per heavy atom. The van der Waals surface area contributed by atoms with Crippen molar-refractivity contribution in [2.24, 2.45) is 0 Å². The normalized spacial score (nSPS) is 21.7. The number of imidazole rings is 1. The first-order valence-electron chi connectivity index (χ1n) is 10.2. The molecule has 0 amide bonds. The first-order valence-corrected chi connectivity index (χ1v) is 10.2. The van der Waals surface area contributed by atoms with E-state index in [1.165, 1.54) is 59.4 Å². The molecule has 1 aromatic heterocycles. The van der Waals surface area contributed by atoms with Gasteiger partial charge in [0.05, 0.1) is 17.7 Å². The smallest absolute Gasteiger partial charge is 0.0925 e. The van der Waals surface area contributed by atoms with Gasteiger partial charge < -0.3 is 4.98 Å². The summed E-state index contributed by atoms with van der Waals surface area (Å²) in [5, 5.41) is 0. The third-order valence-electron chi connectivity index (χ3n) is 6.33. The first kappa shape index (κ1) is 17.7. The monoisotopic (exact) mass is 352 g/mol. The van der Waals surface area contributed by atoms with Gasteiger partial charge in [0, 0.05) is 38.6 Å². The van der Waals surface area contributed by atoms with Gasteiger partial charge in [-0.2, -0.15) is 0 Å². The van der Waals surface area contributed by atoms with Gasteiger partial charge in [0.15, 0.2) is 0 Å². The number of piperidine rings is 1. The number of aromatic nitrogens is 2. The van der Waals surface area contributed by atoms with E-state index in [9.17, 15) is 0 Å². The van der Waals surface area contributed by atoms with Crippen molar-refractivity contribution in [2.45, 2.75) is 72.1 Å². The zero-order valence-corrected chi connectivity index (χ0v) is 16.5. The van der Waals surface area contributed by atoms with Gasteiger partial charge in [-0.1, -0.05) is 24.1 Å². The molecule has 1 N–H and O–H groups in total. The highest BCUT2D eigenvalue weighted by Crippen LogP contribution is 2.25. The molecule has 4 heteroatoms. The van der Waals surface area contributed by atoms with E-state index in [0.29, 0.717) is 6.04 Å². The number of benzene rings is 1. The van der Waals surface area contributed by atoms with Crippen LogP contribution in [0, 0.1) is 13.8 Å². The number of hydrogen-bond donors (Lipinski definition) is 1. The minimum Gasteiger partial charge on any atom is -0.347 e. The third-order valence-corrected chi connectivity index (χ3v) is 6.33. The maximum absolute atomic E-state index is 4.43. The maximum Gasteiger partial charge on any atom is 0.0925 e. The standard InChI is InChI=1S/C22H32N4/c1-16-10-19(12-25-9-7-21-22(14-25)24-15-23-21)18(3)20(11-16)13-26-8-5-4-6-17(26)2/h10-11,15,17H,4-9,12-14H2,1-3H3,(H,23,24). The molecule has 2 aromatic rings. The van der Waals surface area contributed by atoms with Gasteiger partial charge in [-0.05, 0) is 56.8 Å². The minimum absolute atomic E-state index is 0.716. The zero-order chi connectivity index (χ0) is 18.1. The molecular formula is C22H32N4. The van der Waals surface area contributed by atoms with Crippen LogP contribution < -0.4 is 0 Å². The quantitative estimate of drug-likeness (QED) is 0.905. The number of aromatic amines is 1. The number of rotatable bonds is 4. The van der Waals surface area contributed by atoms with E-state index in [4.69, 9.17) is 0 Å². The molecule has 1 fully saturated rings. The lowest BCUT2D eigenvalue weighted by Crippen LogP contribution is -2.37. The molecular weight excluding hydrogens is 320 g/mol. The molecule has 0 saturated carbocycles. The molecule has 4 rings (SSSR count). The summed E-state index contributed by atoms with van der Waals surface area (Å²) in [5.74, 6) is 0. The molecule has 1 saturated heterocycles. The molecule has 2 aliphatic rings. The van der Waals surface area contributed by atoms with Gasteiger partial charge in [0.1, 0.15) is 0 Å². The van der Waals surface area contributed by atoms with E-state index in [2.05, 4.69) is 52.7 Å². The van der Waals surface area contributed by atoms with Crippen LogP contribution >= 0.6 is 0 Å². The molecule has 26 heavy (non-hydrogen) atoms. The maximum atomic E-state index is 4.43. The molecule has 1 unspecified atom stereocenters. The van der Waals surface area contributed by atoms with Crippen LogP contribution in [0.2, 0.25) is 0 Å². The molecule has 0 radical (unpaired) electrons. The van der Waals surface area contributed by atoms with Crippen molar-refractivity contribution in [1.82, 2.24) is 19.8 Å². The lowest BCUT2D eigenvalue weighted by molar-refractivity contribution is 0.152. The van der Waals surface area contributed by atoms with E-state index < -0.39 is 0 Å². The van der Waals surface area contributed by atoms with Gasteiger partial charge in [0.2, 0.25) is 0 Å². The molecule has 4 nitrogen and oxygen atoms in total. The van der Waals surface area contributed by atoms with Crippen molar-refractivity contribution < 1.29 is 0 Å². The van der Waals surface area contributed by atoms with Crippen LogP contribution in [0.5, 0.6) is 0 Å². The first-order chi connectivity index (χ1) is 12.6. The van der Waals surface area contributed by atoms with Crippen LogP contribution in [0.1, 0.15) is 59.8 Å². The van der Waals surface area contributed by atoms with Gasteiger partial charge in [-0.15, -0.1) is 0 Å². The van der Waals surface area contributed by atoms with Crippen LogP contribution in [0.4, 0.5) is 0 Å². The Bertz CT molecular complexity index is 763. The lowest BCUT2D eigenvalue weighted by atomic mass is 9.96. The highest BCUT2D eigenvalue weighted by Gasteiger charge is 2.21. The van der Waals surface area contributed by atoms with Crippen molar-refractivity contribution in [3.63, 3.8) is 0 Å². The van der Waals surface area contributed by atoms with Gasteiger partial charge in [-0.25, -0.2) is 4.98 Å². The van der Waals surface area contributed by atoms with Crippen LogP contribution in [-0.4, -0.2) is 38.9 Å². The number of hydrogen-bond acceptors (Lipinski definition) is 3. The van der Waals surface area contributed by atoms with Crippen LogP contribution in [0.25, 0.3) is 0 Å². The lowest BCUT2D eigenvalue weighted by Gasteiger charge is -2.34. The zero-order valence-electron chi connectivity index (χ0n) is 16.5. The average Bonchev–Trinajstić information content (AvgIpc) is 3.08. The van der Waals surface area contributed by atoms with E-state index >= 15 is 0 Å². The summed E-state index contributed by atoms with van der Waals surface area (Å²) in [7, 11) is 0. The average molecular weight is 353 g/mol. The number of fused-ring (bicyclic) bond motifs is 1. The largest absolute Gasteiger partial charge is 0.347 e. The second-order valence-corrected chi connectivity index (χ2v) is 8.31. The van der Waals surface area contributed by atoms with Gasteiger partial charge >= 0.3 is 0 Å². The number of likely N-dealkylation sites (tertiary alicyclic amines) is 1. The topological polar surface area (TPSA) is 35.2 Å². The number of aryl methyl sites for hydroxylation is 1. The van der Waals surface area contributed by atoms with E-state index in [-0.39, 0.29) is 0 Å². The summed E-state index contributed by atoms with van der Waals surface area (Å²) in [6.07, 6.45) is 6.98. The second kappa shape index (κ2) is 7.53. The molecule has 3 heterocycles. The van der Waals surface area contributed by atoms with Crippen molar-refractivity contribution in [2.75, 3.05) is 13.1 Å². The van der Waals surface area contributed by atoms with E-state index in [0.717, 1.165) is 32.6 Å². The van der Waals surface area contributed by atoms with Crippen molar-refractivity contribution >= 4 is 0 Å². The summed E-state index contributed by atoms with van der Waals surface area (Å²) in [4.78, 5) is 13.0. The van der Waals surface area contributed by atoms with Crippen molar-refractivity contribution in [3.8, 4) is 0 Å². The second-order valence-electron chi connectivity index (χ2n) is 8.31. The van der Waals surface area contributed by atoms with Crippen molar-refractivity contribution in [3.05, 3.63) is 52.1 Å². The Morgan fingerprint density at radius 1 is 1.12 bits per heavy atom. The third kappa shape index (κ3) is 3.72. The summed E-state index contributed by atoms with van der Waals surface area (Å²) < 4.78 is 0. The van der Waals surface area contributed by atoms with Crippen molar-refractivity contribution in [1.29, 1.82) is 0 Å². The fourth-order valence-electron chi connectivity index (χ4n) is 4.60. The van der Waals surface area contributed by atoms with Crippen LogP contribution in [0.3, 0.4) is 0 Å².